The van der Waals surface area contributed by atoms with E-state index < -0.39 is 32.5 Å². The summed E-state index contributed by atoms with van der Waals surface area (Å²) in [4.78, 5) is 37.1. The SMILES string of the molecule is CCCCCCCC/C=C\CCCCCCCCCCCC(=O)OC(COC(=O)CCCCCCCC)COP(=O)([O-])OCC[N+](C)(C)C. The standard InChI is InChI=1S/C39H76NO8P/c1-6-8-10-12-14-15-16-17-18-19-20-21-22-23-24-25-26-28-30-32-39(42)48-37(35-45-38(41)31-29-27-13-11-9-7-2)36-47-49(43,44)46-34-33-40(3,4)5/h17-18,37H,6-16,19-36H2,1-5H3/b18-17-. The Balaban J connectivity index is 4.24. The molecule has 10 heteroatoms. The fourth-order valence-electron chi connectivity index (χ4n) is 5.35. The van der Waals surface area contributed by atoms with Crippen molar-refractivity contribution in [2.45, 2.75) is 180 Å². The summed E-state index contributed by atoms with van der Waals surface area (Å²) in [5, 5.41) is 0. The van der Waals surface area contributed by atoms with Gasteiger partial charge in [-0.05, 0) is 38.5 Å². The summed E-state index contributed by atoms with van der Waals surface area (Å²) in [5.41, 5.74) is 0. The second-order valence-corrected chi connectivity index (χ2v) is 16.1. The second kappa shape index (κ2) is 32.6. The molecule has 290 valence electrons. The summed E-state index contributed by atoms with van der Waals surface area (Å²) >= 11 is 0. The van der Waals surface area contributed by atoms with Crippen molar-refractivity contribution in [3.05, 3.63) is 12.2 Å². The van der Waals surface area contributed by atoms with Gasteiger partial charge in [-0.1, -0.05) is 135 Å². The molecule has 9 nitrogen and oxygen atoms in total. The van der Waals surface area contributed by atoms with Crippen molar-refractivity contribution in [1.29, 1.82) is 0 Å². The summed E-state index contributed by atoms with van der Waals surface area (Å²) in [6.07, 6.45) is 31.2. The molecule has 0 spiro atoms. The lowest BCUT2D eigenvalue weighted by molar-refractivity contribution is -0.870. The molecular formula is C39H76NO8P. The molecule has 0 aromatic heterocycles. The van der Waals surface area contributed by atoms with Crippen molar-refractivity contribution >= 4 is 19.8 Å². The van der Waals surface area contributed by atoms with Crippen LogP contribution in [0.2, 0.25) is 0 Å². The molecule has 2 atom stereocenters. The maximum atomic E-state index is 12.6. The molecule has 0 saturated heterocycles. The fraction of sp³-hybridized carbons (Fsp3) is 0.897. The molecule has 0 aliphatic carbocycles. The van der Waals surface area contributed by atoms with Crippen LogP contribution < -0.4 is 4.89 Å². The summed E-state index contributed by atoms with van der Waals surface area (Å²) in [6.45, 7) is 4.15. The Bertz CT molecular complexity index is 860. The second-order valence-electron chi connectivity index (χ2n) is 14.7. The minimum absolute atomic E-state index is 0.0288. The molecule has 0 fully saturated rings. The van der Waals surface area contributed by atoms with Gasteiger partial charge < -0.3 is 27.9 Å². The first-order valence-electron chi connectivity index (χ1n) is 19.9. The van der Waals surface area contributed by atoms with Gasteiger partial charge in [0.25, 0.3) is 7.82 Å². The van der Waals surface area contributed by atoms with Gasteiger partial charge in [-0.3, -0.25) is 14.2 Å². The normalized spacial score (nSPS) is 13.8. The van der Waals surface area contributed by atoms with Crippen molar-refractivity contribution in [3.8, 4) is 0 Å². The van der Waals surface area contributed by atoms with Crippen molar-refractivity contribution < 1.29 is 42.1 Å². The van der Waals surface area contributed by atoms with Crippen LogP contribution >= 0.6 is 7.82 Å². The molecule has 0 bridgehead atoms. The largest absolute Gasteiger partial charge is 0.756 e. The van der Waals surface area contributed by atoms with Crippen molar-refractivity contribution in [3.63, 3.8) is 0 Å². The highest BCUT2D eigenvalue weighted by atomic mass is 31.2. The van der Waals surface area contributed by atoms with E-state index in [-0.39, 0.29) is 26.1 Å². The summed E-state index contributed by atoms with van der Waals surface area (Å²) in [6, 6.07) is 0. The van der Waals surface area contributed by atoms with Crippen LogP contribution in [0.1, 0.15) is 174 Å². The molecule has 0 heterocycles. The van der Waals surface area contributed by atoms with E-state index in [2.05, 4.69) is 26.0 Å². The predicted molar refractivity (Wildman–Crippen MR) is 199 cm³/mol. The van der Waals surface area contributed by atoms with Crippen LogP contribution in [0, 0.1) is 0 Å². The molecule has 0 aromatic carbocycles. The molecule has 0 radical (unpaired) electrons. The molecule has 0 rings (SSSR count). The predicted octanol–water partition coefficient (Wildman–Crippen LogP) is 10.00. The number of carbonyl (C=O) groups is 2. The monoisotopic (exact) mass is 718 g/mol. The third-order valence-corrected chi connectivity index (χ3v) is 9.50. The zero-order chi connectivity index (χ0) is 36.5. The number of rotatable bonds is 36. The maximum Gasteiger partial charge on any atom is 0.306 e. The molecular weight excluding hydrogens is 641 g/mol. The molecule has 49 heavy (non-hydrogen) atoms. The molecule has 0 N–H and O–H groups in total. The molecule has 0 saturated carbocycles. The van der Waals surface area contributed by atoms with Crippen LogP contribution in [0.15, 0.2) is 12.2 Å². The molecule has 0 aliphatic rings. The van der Waals surface area contributed by atoms with E-state index >= 15 is 0 Å². The highest BCUT2D eigenvalue weighted by Crippen LogP contribution is 2.38. The van der Waals surface area contributed by atoms with Gasteiger partial charge in [0.05, 0.1) is 27.7 Å². The number of phosphoric acid groups is 1. The number of carbonyl (C=O) groups excluding carboxylic acids is 2. The molecule has 0 amide bonds. The van der Waals surface area contributed by atoms with Gasteiger partial charge in [0.1, 0.15) is 19.8 Å². The van der Waals surface area contributed by atoms with E-state index in [0.717, 1.165) is 44.9 Å². The summed E-state index contributed by atoms with van der Waals surface area (Å²) in [7, 11) is 1.17. The number of esters is 2. The lowest BCUT2D eigenvalue weighted by Gasteiger charge is -2.28. The van der Waals surface area contributed by atoms with Crippen LogP contribution in [0.5, 0.6) is 0 Å². The number of nitrogens with zero attached hydrogens (tertiary/aromatic N) is 1. The van der Waals surface area contributed by atoms with Crippen LogP contribution in [0.3, 0.4) is 0 Å². The number of quaternary nitrogens is 1. The van der Waals surface area contributed by atoms with Crippen molar-refractivity contribution in [2.75, 3.05) is 47.5 Å². The first-order chi connectivity index (χ1) is 23.5. The lowest BCUT2D eigenvalue weighted by atomic mass is 10.1. The molecule has 0 aliphatic heterocycles. The molecule has 0 aromatic rings. The summed E-state index contributed by atoms with van der Waals surface area (Å²) < 4.78 is 33.6. The Morgan fingerprint density at radius 2 is 1.04 bits per heavy atom. The average Bonchev–Trinajstić information content (AvgIpc) is 3.04. The highest BCUT2D eigenvalue weighted by molar-refractivity contribution is 7.45. The van der Waals surface area contributed by atoms with E-state index in [4.69, 9.17) is 18.5 Å². The topological polar surface area (TPSA) is 111 Å². The van der Waals surface area contributed by atoms with Crippen LogP contribution in [0.4, 0.5) is 0 Å². The van der Waals surface area contributed by atoms with Gasteiger partial charge in [-0.25, -0.2) is 0 Å². The Hall–Kier alpha value is -1.25. The fourth-order valence-corrected chi connectivity index (χ4v) is 6.08. The molecule has 2 unspecified atom stereocenters. The Kier molecular flexibility index (Phi) is 31.8. The number of phosphoric ester groups is 1. The minimum Gasteiger partial charge on any atom is -0.756 e. The van der Waals surface area contributed by atoms with Gasteiger partial charge >= 0.3 is 11.9 Å². The van der Waals surface area contributed by atoms with E-state index in [9.17, 15) is 19.0 Å². The van der Waals surface area contributed by atoms with Crippen LogP contribution in [-0.4, -0.2) is 70.0 Å². The lowest BCUT2D eigenvalue weighted by Crippen LogP contribution is -2.37. The third kappa shape index (κ3) is 36.3. The van der Waals surface area contributed by atoms with Gasteiger partial charge in [0.2, 0.25) is 0 Å². The zero-order valence-electron chi connectivity index (χ0n) is 32.4. The third-order valence-electron chi connectivity index (χ3n) is 8.54. The smallest absolute Gasteiger partial charge is 0.306 e. The number of ether oxygens (including phenoxy) is 2. The van der Waals surface area contributed by atoms with Crippen molar-refractivity contribution in [1.82, 2.24) is 0 Å². The summed E-state index contributed by atoms with van der Waals surface area (Å²) in [5.74, 6) is -0.843. The zero-order valence-corrected chi connectivity index (χ0v) is 33.3. The van der Waals surface area contributed by atoms with Crippen LogP contribution in [-0.2, 0) is 32.7 Å². The van der Waals surface area contributed by atoms with E-state index in [1.165, 1.54) is 96.3 Å². The quantitative estimate of drug-likeness (QED) is 0.0207. The van der Waals surface area contributed by atoms with Crippen molar-refractivity contribution in [2.24, 2.45) is 0 Å². The number of allylic oxidation sites excluding steroid dienone is 2. The van der Waals surface area contributed by atoms with Gasteiger partial charge in [-0.2, -0.15) is 0 Å². The first-order valence-corrected chi connectivity index (χ1v) is 21.4. The van der Waals surface area contributed by atoms with Gasteiger partial charge in [0, 0.05) is 12.8 Å². The number of likely N-dealkylation sites (N-methyl/N-ethyl adjacent to an activating group) is 1. The first kappa shape index (κ1) is 47.8. The Labute approximate surface area is 301 Å². The van der Waals surface area contributed by atoms with E-state index in [1.807, 2.05) is 21.1 Å². The number of hydrogen-bond acceptors (Lipinski definition) is 8. The average molecular weight is 718 g/mol. The van der Waals surface area contributed by atoms with Gasteiger partial charge in [0.15, 0.2) is 6.10 Å². The highest BCUT2D eigenvalue weighted by Gasteiger charge is 2.21. The Morgan fingerprint density at radius 3 is 1.51 bits per heavy atom. The Morgan fingerprint density at radius 1 is 0.612 bits per heavy atom. The van der Waals surface area contributed by atoms with Gasteiger partial charge in [-0.15, -0.1) is 0 Å². The van der Waals surface area contributed by atoms with E-state index in [1.54, 1.807) is 0 Å². The number of unbranched alkanes of at least 4 members (excludes halogenated alkanes) is 20. The number of hydrogen-bond donors (Lipinski definition) is 0. The minimum atomic E-state index is -4.61. The maximum absolute atomic E-state index is 12.6. The van der Waals surface area contributed by atoms with Crippen LogP contribution in [0.25, 0.3) is 0 Å². The van der Waals surface area contributed by atoms with E-state index in [0.29, 0.717) is 17.4 Å².